The van der Waals surface area contributed by atoms with Crippen molar-refractivity contribution in [1.82, 2.24) is 4.90 Å². The molecule has 4 nitrogen and oxygen atoms in total. The lowest BCUT2D eigenvalue weighted by atomic mass is 10.0. The van der Waals surface area contributed by atoms with Crippen LogP contribution in [0.2, 0.25) is 0 Å². The van der Waals surface area contributed by atoms with E-state index in [9.17, 15) is 31.1 Å². The predicted octanol–water partition coefficient (Wildman–Crippen LogP) is 7.22. The number of ether oxygens (including phenoxy) is 1. The Kier molecular flexibility index (Phi) is 8.46. The molecular formula is C26H30F6N2O2. The number of aryl methyl sites for hydroxylation is 2. The van der Waals surface area contributed by atoms with Crippen molar-refractivity contribution in [1.29, 1.82) is 0 Å². The molecule has 198 valence electrons. The number of anilines is 1. The van der Waals surface area contributed by atoms with E-state index in [4.69, 9.17) is 4.74 Å². The van der Waals surface area contributed by atoms with Gasteiger partial charge in [0.1, 0.15) is 0 Å². The number of benzene rings is 2. The molecule has 0 heterocycles. The van der Waals surface area contributed by atoms with Crippen LogP contribution in [0.5, 0.6) is 0 Å². The number of nitrogens with zero attached hydrogens (tertiary/aromatic N) is 2. The molecule has 1 aliphatic carbocycles. The van der Waals surface area contributed by atoms with Crippen LogP contribution >= 0.6 is 0 Å². The number of hydrogen-bond acceptors (Lipinski definition) is 3. The van der Waals surface area contributed by atoms with E-state index in [1.54, 1.807) is 0 Å². The average Bonchev–Trinajstić information content (AvgIpc) is 3.27. The van der Waals surface area contributed by atoms with Crippen LogP contribution in [-0.2, 0) is 43.0 Å². The summed E-state index contributed by atoms with van der Waals surface area (Å²) >= 11 is 0. The quantitative estimate of drug-likeness (QED) is 0.348. The van der Waals surface area contributed by atoms with E-state index in [0.717, 1.165) is 61.1 Å². The zero-order valence-electron chi connectivity index (χ0n) is 20.5. The minimum Gasteiger partial charge on any atom is -0.453 e. The molecule has 0 aliphatic heterocycles. The summed E-state index contributed by atoms with van der Waals surface area (Å²) in [6.07, 6.45) is -7.08. The Balaban J connectivity index is 2.03. The number of carbonyl (C=O) groups is 1. The second-order valence-electron chi connectivity index (χ2n) is 8.92. The molecule has 1 aliphatic rings. The van der Waals surface area contributed by atoms with Crippen LogP contribution < -0.4 is 4.90 Å². The smallest absolute Gasteiger partial charge is 0.416 e. The maximum absolute atomic E-state index is 13.3. The third-order valence-electron chi connectivity index (χ3n) is 6.32. The maximum atomic E-state index is 13.3. The summed E-state index contributed by atoms with van der Waals surface area (Å²) in [6, 6.07) is 5.46. The maximum Gasteiger partial charge on any atom is 0.416 e. The van der Waals surface area contributed by atoms with Gasteiger partial charge in [-0.2, -0.15) is 26.3 Å². The van der Waals surface area contributed by atoms with Gasteiger partial charge in [0.25, 0.3) is 0 Å². The second kappa shape index (κ2) is 11.0. The fraction of sp³-hybridized carbons (Fsp3) is 0.500. The number of alkyl halides is 6. The van der Waals surface area contributed by atoms with Gasteiger partial charge in [0.2, 0.25) is 0 Å². The van der Waals surface area contributed by atoms with Gasteiger partial charge in [-0.1, -0.05) is 13.0 Å². The van der Waals surface area contributed by atoms with E-state index >= 15 is 0 Å². The molecule has 0 atom stereocenters. The van der Waals surface area contributed by atoms with Crippen LogP contribution in [0.25, 0.3) is 0 Å². The Morgan fingerprint density at radius 2 is 1.47 bits per heavy atom. The number of amides is 1. The zero-order chi connectivity index (χ0) is 26.7. The van der Waals surface area contributed by atoms with E-state index in [0.29, 0.717) is 18.7 Å². The van der Waals surface area contributed by atoms with E-state index < -0.39 is 36.1 Å². The molecule has 3 rings (SSSR count). The van der Waals surface area contributed by atoms with Gasteiger partial charge in [-0.3, -0.25) is 4.90 Å². The summed E-state index contributed by atoms with van der Waals surface area (Å²) < 4.78 is 84.9. The van der Waals surface area contributed by atoms with Gasteiger partial charge < -0.3 is 9.64 Å². The lowest BCUT2D eigenvalue weighted by molar-refractivity contribution is -0.143. The molecule has 2 aromatic carbocycles. The van der Waals surface area contributed by atoms with E-state index in [2.05, 4.69) is 11.0 Å². The molecule has 0 unspecified atom stereocenters. The summed E-state index contributed by atoms with van der Waals surface area (Å²) in [7, 11) is 1.13. The summed E-state index contributed by atoms with van der Waals surface area (Å²) in [4.78, 5) is 15.9. The molecule has 0 aromatic heterocycles. The monoisotopic (exact) mass is 516 g/mol. The van der Waals surface area contributed by atoms with Gasteiger partial charge >= 0.3 is 18.4 Å². The number of methoxy groups -OCH3 is 1. The zero-order valence-corrected chi connectivity index (χ0v) is 20.5. The molecular weight excluding hydrogens is 486 g/mol. The lowest BCUT2D eigenvalue weighted by Gasteiger charge is -2.29. The molecule has 10 heteroatoms. The molecule has 0 saturated carbocycles. The average molecular weight is 517 g/mol. The minimum absolute atomic E-state index is 0.0207. The fourth-order valence-corrected chi connectivity index (χ4v) is 4.65. The molecule has 36 heavy (non-hydrogen) atoms. The molecule has 0 saturated heterocycles. The number of rotatable bonds is 8. The van der Waals surface area contributed by atoms with Crippen LogP contribution in [0.15, 0.2) is 30.3 Å². The highest BCUT2D eigenvalue weighted by Crippen LogP contribution is 2.37. The first-order valence-electron chi connectivity index (χ1n) is 11.9. The van der Waals surface area contributed by atoms with Gasteiger partial charge in [-0.05, 0) is 79.1 Å². The van der Waals surface area contributed by atoms with Crippen LogP contribution in [0, 0.1) is 0 Å². The Labute approximate surface area is 206 Å². The molecule has 0 bridgehead atoms. The molecule has 2 aromatic rings. The first-order chi connectivity index (χ1) is 16.9. The SMILES string of the molecule is CCCN(CC)c1cc2c(cc1CN(Cc1cc(C(F)(F)F)cc(C(F)(F)F)c1)C(=O)OC)CCC2. The Hall–Kier alpha value is -2.91. The van der Waals surface area contributed by atoms with Crippen molar-refractivity contribution in [2.45, 2.75) is 65.0 Å². The van der Waals surface area contributed by atoms with Crippen LogP contribution in [0.1, 0.15) is 60.1 Å². The van der Waals surface area contributed by atoms with Crippen LogP contribution in [0.4, 0.5) is 36.8 Å². The van der Waals surface area contributed by atoms with E-state index in [1.165, 1.54) is 5.56 Å². The topological polar surface area (TPSA) is 32.8 Å². The number of carbonyl (C=O) groups excluding carboxylic acids is 1. The van der Waals surface area contributed by atoms with Crippen molar-refractivity contribution < 1.29 is 35.9 Å². The highest BCUT2D eigenvalue weighted by atomic mass is 19.4. The van der Waals surface area contributed by atoms with Crippen LogP contribution in [-0.4, -0.2) is 31.2 Å². The van der Waals surface area contributed by atoms with Crippen LogP contribution in [0.3, 0.4) is 0 Å². The molecule has 0 radical (unpaired) electrons. The van der Waals surface area contributed by atoms with Gasteiger partial charge in [-0.25, -0.2) is 4.79 Å². The largest absolute Gasteiger partial charge is 0.453 e. The molecule has 1 amide bonds. The Morgan fingerprint density at radius 3 is 1.97 bits per heavy atom. The molecule has 0 N–H and O–H groups in total. The lowest BCUT2D eigenvalue weighted by Crippen LogP contribution is -2.32. The van der Waals surface area contributed by atoms with Crippen molar-refractivity contribution in [2.24, 2.45) is 0 Å². The summed E-state index contributed by atoms with van der Waals surface area (Å²) in [5.41, 5.74) is 0.926. The van der Waals surface area contributed by atoms with Crippen molar-refractivity contribution in [2.75, 3.05) is 25.1 Å². The molecule has 0 fully saturated rings. The predicted molar refractivity (Wildman–Crippen MR) is 125 cm³/mol. The third kappa shape index (κ3) is 6.44. The first-order valence-corrected chi connectivity index (χ1v) is 11.9. The van der Waals surface area contributed by atoms with Crippen molar-refractivity contribution >= 4 is 11.8 Å². The first kappa shape index (κ1) is 27.7. The summed E-state index contributed by atoms with van der Waals surface area (Å²) in [6.45, 7) is 5.03. The highest BCUT2D eigenvalue weighted by molar-refractivity contribution is 5.68. The Bertz CT molecular complexity index is 1050. The van der Waals surface area contributed by atoms with Crippen molar-refractivity contribution in [3.05, 3.63) is 63.7 Å². The fourth-order valence-electron chi connectivity index (χ4n) is 4.65. The van der Waals surface area contributed by atoms with Gasteiger partial charge in [0.15, 0.2) is 0 Å². The number of halogens is 6. The summed E-state index contributed by atoms with van der Waals surface area (Å²) in [5.74, 6) is 0. The number of hydrogen-bond donors (Lipinski definition) is 0. The van der Waals surface area contributed by atoms with Gasteiger partial charge in [-0.15, -0.1) is 0 Å². The molecule has 0 spiro atoms. The normalized spacial score (nSPS) is 13.5. The minimum atomic E-state index is -4.97. The van der Waals surface area contributed by atoms with Crippen molar-refractivity contribution in [3.8, 4) is 0 Å². The third-order valence-corrected chi connectivity index (χ3v) is 6.32. The van der Waals surface area contributed by atoms with Gasteiger partial charge in [0.05, 0.1) is 24.8 Å². The van der Waals surface area contributed by atoms with E-state index in [-0.39, 0.29) is 18.2 Å². The number of fused-ring (bicyclic) bond motifs is 1. The second-order valence-corrected chi connectivity index (χ2v) is 8.92. The summed E-state index contributed by atoms with van der Waals surface area (Å²) in [5, 5.41) is 0. The van der Waals surface area contributed by atoms with Gasteiger partial charge in [0, 0.05) is 25.3 Å². The Morgan fingerprint density at radius 1 is 0.889 bits per heavy atom. The highest BCUT2D eigenvalue weighted by Gasteiger charge is 2.37. The van der Waals surface area contributed by atoms with Crippen molar-refractivity contribution in [3.63, 3.8) is 0 Å². The van der Waals surface area contributed by atoms with E-state index in [1.807, 2.05) is 19.9 Å². The standard InChI is InChI=1S/C26H30F6N2O2/c1-4-9-33(5-2)23-13-19-8-6-7-18(19)12-20(23)16-34(24(35)36-3)15-17-10-21(25(27,28)29)14-22(11-17)26(30,31)32/h10-14H,4-9,15-16H2,1-3H3.